The Balaban J connectivity index is 1.91. The SMILES string of the molecule is CO/N=C(\c1nc[nH]c1C)N1CCc2sccc2C1. The lowest BCUT2D eigenvalue weighted by Gasteiger charge is -2.28. The summed E-state index contributed by atoms with van der Waals surface area (Å²) in [6.45, 7) is 3.81. The maximum Gasteiger partial charge on any atom is 0.196 e. The quantitative estimate of drug-likeness (QED) is 0.519. The van der Waals surface area contributed by atoms with Gasteiger partial charge >= 0.3 is 0 Å². The Bertz CT molecular complexity index is 601. The first-order chi connectivity index (χ1) is 9.29. The molecule has 19 heavy (non-hydrogen) atoms. The number of thiophene rings is 1. The molecule has 0 spiro atoms. The Morgan fingerprint density at radius 3 is 3.21 bits per heavy atom. The highest BCUT2D eigenvalue weighted by Gasteiger charge is 2.24. The van der Waals surface area contributed by atoms with Crippen molar-refractivity contribution in [1.29, 1.82) is 0 Å². The summed E-state index contributed by atoms with van der Waals surface area (Å²) in [7, 11) is 1.57. The highest BCUT2D eigenvalue weighted by Crippen LogP contribution is 2.25. The first-order valence-corrected chi connectivity index (χ1v) is 7.09. The van der Waals surface area contributed by atoms with Crippen molar-refractivity contribution in [3.63, 3.8) is 0 Å². The van der Waals surface area contributed by atoms with Crippen LogP contribution in [0.5, 0.6) is 0 Å². The fraction of sp³-hybridized carbons (Fsp3) is 0.385. The highest BCUT2D eigenvalue weighted by molar-refractivity contribution is 7.10. The average molecular weight is 276 g/mol. The maximum atomic E-state index is 5.00. The molecule has 0 bridgehead atoms. The third-order valence-corrected chi connectivity index (χ3v) is 4.35. The minimum absolute atomic E-state index is 0.804. The third-order valence-electron chi connectivity index (χ3n) is 3.33. The van der Waals surface area contributed by atoms with Crippen LogP contribution in [-0.2, 0) is 17.8 Å². The van der Waals surface area contributed by atoms with Crippen LogP contribution in [-0.4, -0.2) is 34.4 Å². The monoisotopic (exact) mass is 276 g/mol. The Morgan fingerprint density at radius 2 is 2.47 bits per heavy atom. The number of nitrogens with one attached hydrogen (secondary N) is 1. The molecule has 2 aromatic heterocycles. The minimum atomic E-state index is 0.804. The predicted molar refractivity (Wildman–Crippen MR) is 75.3 cm³/mol. The zero-order valence-electron chi connectivity index (χ0n) is 11.0. The van der Waals surface area contributed by atoms with Crippen molar-refractivity contribution >= 4 is 17.2 Å². The summed E-state index contributed by atoms with van der Waals surface area (Å²) in [5.74, 6) is 0.804. The second-order valence-electron chi connectivity index (χ2n) is 4.51. The summed E-state index contributed by atoms with van der Waals surface area (Å²) >= 11 is 1.83. The molecule has 6 heteroatoms. The third kappa shape index (κ3) is 2.23. The van der Waals surface area contributed by atoms with Crippen LogP contribution in [0, 0.1) is 6.92 Å². The zero-order valence-corrected chi connectivity index (χ0v) is 11.8. The van der Waals surface area contributed by atoms with Gasteiger partial charge in [-0.25, -0.2) is 4.98 Å². The maximum absolute atomic E-state index is 5.00. The largest absolute Gasteiger partial charge is 0.397 e. The lowest BCUT2D eigenvalue weighted by Crippen LogP contribution is -2.36. The van der Waals surface area contributed by atoms with Gasteiger partial charge in [-0.1, -0.05) is 5.16 Å². The number of hydrogen-bond acceptors (Lipinski definition) is 4. The molecule has 0 fully saturated rings. The number of amidine groups is 1. The van der Waals surface area contributed by atoms with Crippen LogP contribution in [0.3, 0.4) is 0 Å². The molecular formula is C13H16N4OS. The van der Waals surface area contributed by atoms with Crippen molar-refractivity contribution in [3.8, 4) is 0 Å². The smallest absolute Gasteiger partial charge is 0.196 e. The minimum Gasteiger partial charge on any atom is -0.397 e. The molecule has 1 aliphatic heterocycles. The van der Waals surface area contributed by atoms with E-state index in [1.165, 1.54) is 10.4 Å². The molecule has 0 aromatic carbocycles. The topological polar surface area (TPSA) is 53.5 Å². The molecule has 100 valence electrons. The molecule has 0 unspecified atom stereocenters. The van der Waals surface area contributed by atoms with E-state index in [4.69, 9.17) is 4.84 Å². The molecule has 0 atom stereocenters. The van der Waals surface area contributed by atoms with E-state index in [0.717, 1.165) is 36.7 Å². The number of aromatic nitrogens is 2. The second-order valence-corrected chi connectivity index (χ2v) is 5.51. The summed E-state index contributed by atoms with van der Waals surface area (Å²) in [6, 6.07) is 2.19. The van der Waals surface area contributed by atoms with E-state index in [0.29, 0.717) is 0 Å². The summed E-state index contributed by atoms with van der Waals surface area (Å²) in [5.41, 5.74) is 3.25. The molecule has 0 saturated carbocycles. The van der Waals surface area contributed by atoms with Crippen LogP contribution in [0.1, 0.15) is 21.8 Å². The Labute approximate surface area is 115 Å². The van der Waals surface area contributed by atoms with Crippen molar-refractivity contribution in [2.24, 2.45) is 5.16 Å². The van der Waals surface area contributed by atoms with Crippen LogP contribution in [0.2, 0.25) is 0 Å². The standard InChI is InChI=1S/C13H16N4OS/c1-9-12(15-8-14-9)13(16-18-2)17-5-3-11-10(7-17)4-6-19-11/h4,6,8H,3,5,7H2,1-2H3,(H,14,15)/b16-13+. The number of aromatic amines is 1. The fourth-order valence-corrected chi connectivity index (χ4v) is 3.24. The van der Waals surface area contributed by atoms with E-state index in [2.05, 4.69) is 31.5 Å². The molecule has 2 aromatic rings. The van der Waals surface area contributed by atoms with Gasteiger partial charge in [0.2, 0.25) is 0 Å². The van der Waals surface area contributed by atoms with Crippen LogP contribution in [0.15, 0.2) is 22.9 Å². The van der Waals surface area contributed by atoms with Gasteiger partial charge in [-0.05, 0) is 30.4 Å². The van der Waals surface area contributed by atoms with Crippen LogP contribution in [0.25, 0.3) is 0 Å². The van der Waals surface area contributed by atoms with Crippen molar-refractivity contribution in [3.05, 3.63) is 39.6 Å². The van der Waals surface area contributed by atoms with Crippen molar-refractivity contribution in [2.45, 2.75) is 19.9 Å². The van der Waals surface area contributed by atoms with Crippen molar-refractivity contribution in [1.82, 2.24) is 14.9 Å². The average Bonchev–Trinajstić information content (AvgIpc) is 3.03. The first-order valence-electron chi connectivity index (χ1n) is 6.21. The summed E-state index contributed by atoms with van der Waals surface area (Å²) in [4.78, 5) is 16.1. The van der Waals surface area contributed by atoms with E-state index in [1.54, 1.807) is 13.4 Å². The molecule has 3 heterocycles. The van der Waals surface area contributed by atoms with E-state index in [9.17, 15) is 0 Å². The molecule has 3 rings (SSSR count). The normalized spacial score (nSPS) is 15.5. The number of hydrogen-bond donors (Lipinski definition) is 1. The molecule has 0 aliphatic carbocycles. The number of aryl methyl sites for hydroxylation is 1. The van der Waals surface area contributed by atoms with Gasteiger partial charge in [0.05, 0.1) is 6.33 Å². The van der Waals surface area contributed by atoms with Gasteiger partial charge in [0, 0.05) is 23.7 Å². The Kier molecular flexibility index (Phi) is 3.25. The predicted octanol–water partition coefficient (Wildman–Crippen LogP) is 2.15. The zero-order chi connectivity index (χ0) is 13.2. The number of fused-ring (bicyclic) bond motifs is 1. The van der Waals surface area contributed by atoms with Gasteiger partial charge < -0.3 is 14.7 Å². The van der Waals surface area contributed by atoms with Crippen LogP contribution >= 0.6 is 11.3 Å². The van der Waals surface area contributed by atoms with Gasteiger partial charge in [0.25, 0.3) is 0 Å². The first kappa shape index (κ1) is 12.2. The molecule has 0 radical (unpaired) electrons. The molecule has 1 N–H and O–H groups in total. The number of oxime groups is 1. The summed E-state index contributed by atoms with van der Waals surface area (Å²) < 4.78 is 0. The fourth-order valence-electron chi connectivity index (χ4n) is 2.35. The van der Waals surface area contributed by atoms with Crippen molar-refractivity contribution in [2.75, 3.05) is 13.7 Å². The molecule has 0 saturated heterocycles. The molecular weight excluding hydrogens is 260 g/mol. The number of H-pyrrole nitrogens is 1. The van der Waals surface area contributed by atoms with Gasteiger partial charge in [0.15, 0.2) is 5.84 Å². The number of rotatable bonds is 2. The van der Waals surface area contributed by atoms with Crippen LogP contribution < -0.4 is 0 Å². The highest BCUT2D eigenvalue weighted by atomic mass is 32.1. The van der Waals surface area contributed by atoms with E-state index in [1.807, 2.05) is 18.3 Å². The second kappa shape index (κ2) is 5.05. The van der Waals surface area contributed by atoms with E-state index >= 15 is 0 Å². The van der Waals surface area contributed by atoms with E-state index < -0.39 is 0 Å². The summed E-state index contributed by atoms with van der Waals surface area (Å²) in [6.07, 6.45) is 2.75. The Hall–Kier alpha value is -1.82. The Morgan fingerprint density at radius 1 is 1.58 bits per heavy atom. The van der Waals surface area contributed by atoms with Crippen LogP contribution in [0.4, 0.5) is 0 Å². The molecule has 1 aliphatic rings. The van der Waals surface area contributed by atoms with E-state index in [-0.39, 0.29) is 0 Å². The van der Waals surface area contributed by atoms with Crippen molar-refractivity contribution < 1.29 is 4.84 Å². The number of nitrogens with zero attached hydrogens (tertiary/aromatic N) is 3. The summed E-state index contributed by atoms with van der Waals surface area (Å²) in [5, 5.41) is 6.33. The van der Waals surface area contributed by atoms with Gasteiger partial charge in [-0.3, -0.25) is 0 Å². The number of imidazole rings is 1. The lowest BCUT2D eigenvalue weighted by atomic mass is 10.1. The van der Waals surface area contributed by atoms with Gasteiger partial charge in [-0.15, -0.1) is 11.3 Å². The molecule has 0 amide bonds. The lowest BCUT2D eigenvalue weighted by molar-refractivity contribution is 0.204. The van der Waals surface area contributed by atoms with Gasteiger partial charge in [-0.2, -0.15) is 0 Å². The molecule has 5 nitrogen and oxygen atoms in total. The van der Waals surface area contributed by atoms with Gasteiger partial charge in [0.1, 0.15) is 12.8 Å².